The van der Waals surface area contributed by atoms with Crippen molar-refractivity contribution in [1.29, 1.82) is 0 Å². The molecule has 0 saturated carbocycles. The summed E-state index contributed by atoms with van der Waals surface area (Å²) in [4.78, 5) is 14.9. The van der Waals surface area contributed by atoms with E-state index in [0.29, 0.717) is 13.0 Å². The number of benzene rings is 1. The van der Waals surface area contributed by atoms with Gasteiger partial charge in [0.05, 0.1) is 6.10 Å². The lowest BCUT2D eigenvalue weighted by molar-refractivity contribution is -0.121. The number of methoxy groups -OCH3 is 1. The lowest BCUT2D eigenvalue weighted by Crippen LogP contribution is -2.31. The number of fused-ring (bicyclic) bond motifs is 1. The van der Waals surface area contributed by atoms with E-state index in [1.54, 1.807) is 7.11 Å². The number of hydrogen-bond donors (Lipinski definition) is 2. The Balaban J connectivity index is 1.77. The summed E-state index contributed by atoms with van der Waals surface area (Å²) in [5.74, 6) is 0.0914. The first-order chi connectivity index (χ1) is 9.70. The van der Waals surface area contributed by atoms with E-state index in [0.717, 1.165) is 18.4 Å². The first-order valence-corrected chi connectivity index (χ1v) is 7.05. The number of carbonyl (C=O) groups is 1. The van der Waals surface area contributed by atoms with E-state index in [2.05, 4.69) is 22.4 Å². The Morgan fingerprint density at radius 1 is 1.40 bits per heavy atom. The Kier molecular flexibility index (Phi) is 5.18. The number of aryl methyl sites for hydroxylation is 1. The van der Waals surface area contributed by atoms with Gasteiger partial charge in [0, 0.05) is 37.2 Å². The number of hydrogen-bond acceptors (Lipinski definition) is 2. The first-order valence-electron chi connectivity index (χ1n) is 7.05. The molecule has 0 spiro atoms. The molecule has 4 nitrogen and oxygen atoms in total. The normalized spacial score (nSPS) is 12.5. The second-order valence-electron chi connectivity index (χ2n) is 5.06. The highest BCUT2D eigenvalue weighted by Gasteiger charge is 2.06. The maximum atomic E-state index is 11.7. The maximum Gasteiger partial charge on any atom is 0.220 e. The second-order valence-corrected chi connectivity index (χ2v) is 5.06. The Morgan fingerprint density at radius 2 is 2.20 bits per heavy atom. The van der Waals surface area contributed by atoms with Gasteiger partial charge in [-0.15, -0.1) is 0 Å². The molecule has 1 aromatic carbocycles. The largest absolute Gasteiger partial charge is 0.380 e. The average molecular weight is 274 g/mol. The van der Waals surface area contributed by atoms with Crippen LogP contribution in [0.4, 0.5) is 0 Å². The predicted octanol–water partition coefficient (Wildman–Crippen LogP) is 2.64. The van der Waals surface area contributed by atoms with Gasteiger partial charge in [-0.1, -0.05) is 18.2 Å². The monoisotopic (exact) mass is 274 g/mol. The van der Waals surface area contributed by atoms with Crippen molar-refractivity contribution in [2.45, 2.75) is 32.3 Å². The number of carbonyl (C=O) groups excluding carboxylic acids is 1. The van der Waals surface area contributed by atoms with Gasteiger partial charge in [0.1, 0.15) is 0 Å². The number of H-pyrrole nitrogens is 1. The van der Waals surface area contributed by atoms with Crippen LogP contribution in [0.5, 0.6) is 0 Å². The molecule has 1 amide bonds. The van der Waals surface area contributed by atoms with E-state index in [4.69, 9.17) is 4.74 Å². The van der Waals surface area contributed by atoms with Crippen molar-refractivity contribution in [3.05, 3.63) is 36.0 Å². The molecule has 0 fully saturated rings. The third kappa shape index (κ3) is 3.84. The molecule has 1 atom stereocenters. The van der Waals surface area contributed by atoms with Crippen LogP contribution >= 0.6 is 0 Å². The zero-order valence-electron chi connectivity index (χ0n) is 12.1. The minimum Gasteiger partial charge on any atom is -0.380 e. The lowest BCUT2D eigenvalue weighted by Gasteiger charge is -2.10. The van der Waals surface area contributed by atoms with E-state index in [1.807, 2.05) is 25.3 Å². The van der Waals surface area contributed by atoms with Crippen LogP contribution in [-0.4, -0.2) is 30.6 Å². The molecule has 2 N–H and O–H groups in total. The summed E-state index contributed by atoms with van der Waals surface area (Å²) in [5.41, 5.74) is 2.43. The van der Waals surface area contributed by atoms with Gasteiger partial charge in [0.25, 0.3) is 0 Å². The number of aromatic amines is 1. The molecule has 20 heavy (non-hydrogen) atoms. The second kappa shape index (κ2) is 7.10. The van der Waals surface area contributed by atoms with E-state index < -0.39 is 0 Å². The standard InChI is InChI=1S/C16H22N2O2/c1-12(20-2)10-18-16(19)9-5-6-13-11-17-15-8-4-3-7-14(13)15/h3-4,7-8,11-12,17H,5-6,9-10H2,1-2H3,(H,18,19). The van der Waals surface area contributed by atoms with Crippen molar-refractivity contribution < 1.29 is 9.53 Å². The van der Waals surface area contributed by atoms with Crippen molar-refractivity contribution in [2.24, 2.45) is 0 Å². The molecule has 4 heteroatoms. The van der Waals surface area contributed by atoms with Crippen molar-refractivity contribution in [3.8, 4) is 0 Å². The summed E-state index contributed by atoms with van der Waals surface area (Å²) in [6, 6.07) is 8.24. The highest BCUT2D eigenvalue weighted by Crippen LogP contribution is 2.19. The summed E-state index contributed by atoms with van der Waals surface area (Å²) in [7, 11) is 1.65. The van der Waals surface area contributed by atoms with Crippen LogP contribution in [0.3, 0.4) is 0 Å². The Hall–Kier alpha value is -1.81. The van der Waals surface area contributed by atoms with Gasteiger partial charge < -0.3 is 15.0 Å². The van der Waals surface area contributed by atoms with Crippen LogP contribution in [0.2, 0.25) is 0 Å². The van der Waals surface area contributed by atoms with Gasteiger partial charge in [-0.25, -0.2) is 0 Å². The van der Waals surface area contributed by atoms with Gasteiger partial charge in [-0.2, -0.15) is 0 Å². The average Bonchev–Trinajstić information content (AvgIpc) is 2.88. The Morgan fingerprint density at radius 3 is 3.00 bits per heavy atom. The molecular formula is C16H22N2O2. The molecule has 108 valence electrons. The predicted molar refractivity (Wildman–Crippen MR) is 80.7 cm³/mol. The van der Waals surface area contributed by atoms with Crippen LogP contribution in [0.1, 0.15) is 25.3 Å². The fourth-order valence-electron chi connectivity index (χ4n) is 2.21. The molecule has 0 aliphatic carbocycles. The molecule has 2 rings (SSSR count). The summed E-state index contributed by atoms with van der Waals surface area (Å²) in [5, 5.41) is 4.13. The van der Waals surface area contributed by atoms with Gasteiger partial charge >= 0.3 is 0 Å². The fraction of sp³-hybridized carbons (Fsp3) is 0.438. The highest BCUT2D eigenvalue weighted by molar-refractivity contribution is 5.83. The summed E-state index contributed by atoms with van der Waals surface area (Å²) >= 11 is 0. The van der Waals surface area contributed by atoms with Crippen LogP contribution < -0.4 is 5.32 Å². The summed E-state index contributed by atoms with van der Waals surface area (Å²) < 4.78 is 5.09. The number of aromatic nitrogens is 1. The molecule has 0 aliphatic heterocycles. The molecular weight excluding hydrogens is 252 g/mol. The molecule has 1 aromatic heterocycles. The smallest absolute Gasteiger partial charge is 0.220 e. The van der Waals surface area contributed by atoms with Crippen molar-refractivity contribution >= 4 is 16.8 Å². The first kappa shape index (κ1) is 14.6. The van der Waals surface area contributed by atoms with Gasteiger partial charge in [0.2, 0.25) is 5.91 Å². The van der Waals surface area contributed by atoms with Crippen molar-refractivity contribution in [1.82, 2.24) is 10.3 Å². The van der Waals surface area contributed by atoms with Crippen LogP contribution in [0, 0.1) is 0 Å². The number of para-hydroxylation sites is 1. The minimum atomic E-state index is 0.0626. The van der Waals surface area contributed by atoms with E-state index >= 15 is 0 Å². The SMILES string of the molecule is COC(C)CNC(=O)CCCc1c[nH]c2ccccc12. The molecule has 1 unspecified atom stereocenters. The molecule has 0 aliphatic rings. The molecule has 1 heterocycles. The molecule has 2 aromatic rings. The van der Waals surface area contributed by atoms with Crippen molar-refractivity contribution in [3.63, 3.8) is 0 Å². The van der Waals surface area contributed by atoms with E-state index in [9.17, 15) is 4.79 Å². The van der Waals surface area contributed by atoms with E-state index in [1.165, 1.54) is 10.9 Å². The maximum absolute atomic E-state index is 11.7. The van der Waals surface area contributed by atoms with Crippen LogP contribution in [0.25, 0.3) is 10.9 Å². The zero-order valence-corrected chi connectivity index (χ0v) is 12.1. The van der Waals surface area contributed by atoms with E-state index in [-0.39, 0.29) is 12.0 Å². The molecule has 0 saturated heterocycles. The number of nitrogens with one attached hydrogen (secondary N) is 2. The number of rotatable bonds is 7. The highest BCUT2D eigenvalue weighted by atomic mass is 16.5. The zero-order chi connectivity index (χ0) is 14.4. The fourth-order valence-corrected chi connectivity index (χ4v) is 2.21. The van der Waals surface area contributed by atoms with Crippen LogP contribution in [0.15, 0.2) is 30.5 Å². The third-order valence-corrected chi connectivity index (χ3v) is 3.51. The van der Waals surface area contributed by atoms with Gasteiger partial charge in [0.15, 0.2) is 0 Å². The third-order valence-electron chi connectivity index (χ3n) is 3.51. The number of amides is 1. The molecule has 0 bridgehead atoms. The van der Waals surface area contributed by atoms with Gasteiger partial charge in [-0.05, 0) is 31.4 Å². The quantitative estimate of drug-likeness (QED) is 0.815. The summed E-state index contributed by atoms with van der Waals surface area (Å²) in [6.45, 7) is 2.51. The van der Waals surface area contributed by atoms with Crippen molar-refractivity contribution in [2.75, 3.05) is 13.7 Å². The lowest BCUT2D eigenvalue weighted by atomic mass is 10.1. The van der Waals surface area contributed by atoms with Gasteiger partial charge in [-0.3, -0.25) is 4.79 Å². The minimum absolute atomic E-state index is 0.0626. The Labute approximate surface area is 119 Å². The Bertz CT molecular complexity index is 562. The summed E-state index contributed by atoms with van der Waals surface area (Å²) in [6.07, 6.45) is 4.42. The molecule has 0 radical (unpaired) electrons. The number of ether oxygens (including phenoxy) is 1. The van der Waals surface area contributed by atoms with Crippen LogP contribution in [-0.2, 0) is 16.0 Å². The topological polar surface area (TPSA) is 54.1 Å².